The van der Waals surface area contributed by atoms with Crippen LogP contribution in [-0.2, 0) is 23.7 Å². The molecule has 0 bridgehead atoms. The second-order valence-corrected chi connectivity index (χ2v) is 19.8. The van der Waals surface area contributed by atoms with Gasteiger partial charge in [0.05, 0.1) is 31.5 Å². The summed E-state index contributed by atoms with van der Waals surface area (Å²) in [7, 11) is 1.61. The lowest BCUT2D eigenvalue weighted by molar-refractivity contribution is -0.152. The number of aliphatic hydroxyl groups is 1. The molecule has 3 unspecified atom stereocenters. The highest BCUT2D eigenvalue weighted by molar-refractivity contribution is 6.76. The van der Waals surface area contributed by atoms with Gasteiger partial charge >= 0.3 is 11.9 Å². The Morgan fingerprint density at radius 3 is 2.47 bits per heavy atom. The van der Waals surface area contributed by atoms with E-state index in [1.807, 2.05) is 38.1 Å². The van der Waals surface area contributed by atoms with Gasteiger partial charge in [-0.15, -0.1) is 0 Å². The molecule has 268 valence electrons. The minimum absolute atomic E-state index is 0.0295. The normalized spacial score (nSPS) is 22.8. The second-order valence-electron chi connectivity index (χ2n) is 14.1. The van der Waals surface area contributed by atoms with Crippen LogP contribution in [0, 0.1) is 5.92 Å². The van der Waals surface area contributed by atoms with Crippen LogP contribution in [0.25, 0.3) is 6.08 Å². The number of ether oxygens (including phenoxy) is 7. The maximum Gasteiger partial charge on any atom is 0.342 e. The molecule has 1 heterocycles. The van der Waals surface area contributed by atoms with Crippen molar-refractivity contribution in [2.24, 2.45) is 5.92 Å². The van der Waals surface area contributed by atoms with Crippen molar-refractivity contribution in [3.05, 3.63) is 77.4 Å². The molecule has 2 fully saturated rings. The maximum absolute atomic E-state index is 13.5. The molecule has 1 aliphatic heterocycles. The third kappa shape index (κ3) is 11.3. The summed E-state index contributed by atoms with van der Waals surface area (Å²) in [4.78, 5) is 26.7. The topological polar surface area (TPSA) is 119 Å². The smallest absolute Gasteiger partial charge is 0.342 e. The van der Waals surface area contributed by atoms with E-state index in [9.17, 15) is 14.7 Å². The van der Waals surface area contributed by atoms with Crippen molar-refractivity contribution >= 4 is 26.1 Å². The number of hydrogen-bond acceptors (Lipinski definition) is 10. The summed E-state index contributed by atoms with van der Waals surface area (Å²) >= 11 is 0. The highest BCUT2D eigenvalue weighted by atomic mass is 28.3. The lowest BCUT2D eigenvalue weighted by Gasteiger charge is -2.25. The fourth-order valence-corrected chi connectivity index (χ4v) is 6.63. The van der Waals surface area contributed by atoms with Crippen LogP contribution < -0.4 is 9.47 Å². The Balaban J connectivity index is 1.62. The molecule has 49 heavy (non-hydrogen) atoms. The molecule has 1 saturated heterocycles. The molecule has 1 N–H and O–H groups in total. The Hall–Kier alpha value is -3.48. The third-order valence-corrected chi connectivity index (χ3v) is 10.2. The zero-order valence-corrected chi connectivity index (χ0v) is 30.8. The number of esters is 2. The summed E-state index contributed by atoms with van der Waals surface area (Å²) in [6.07, 6.45) is 7.95. The highest BCUT2D eigenvalue weighted by Crippen LogP contribution is 2.36. The molecule has 11 heteroatoms. The van der Waals surface area contributed by atoms with Crippen molar-refractivity contribution in [2.45, 2.75) is 95.4 Å². The van der Waals surface area contributed by atoms with Gasteiger partial charge in [-0.1, -0.05) is 62.5 Å². The first-order chi connectivity index (χ1) is 23.3. The third-order valence-electron chi connectivity index (χ3n) is 8.51. The standard InChI is InChI=1S/C38H52O10Si/c1-38(2)47-32(35(48-38)31(20-19-26-15-11-17-30(26)39)46-36(40)27-13-9-8-10-14-27)18-12-16-28-23-29(43-4)24-33(45-25-42-3)34(28)37(41)44-21-22-49(5,6)7/h8-10,12-14,16,19-20,23-24,26,30-32,35,39H,11,15,17-18,21-22,25H2,1-7H3/t26?,30?,31?,32-,35+/m0/s1. The van der Waals surface area contributed by atoms with Crippen LogP contribution in [0.4, 0.5) is 0 Å². The summed E-state index contributed by atoms with van der Waals surface area (Å²) < 4.78 is 40.9. The van der Waals surface area contributed by atoms with Gasteiger partial charge in [0.15, 0.2) is 12.6 Å². The van der Waals surface area contributed by atoms with Crippen LogP contribution in [0.2, 0.25) is 25.7 Å². The highest BCUT2D eigenvalue weighted by Gasteiger charge is 2.45. The quantitative estimate of drug-likeness (QED) is 0.0848. The first-order valence-electron chi connectivity index (χ1n) is 17.0. The molecule has 0 radical (unpaired) electrons. The number of carbonyl (C=O) groups excluding carboxylic acids is 2. The molecule has 10 nitrogen and oxygen atoms in total. The summed E-state index contributed by atoms with van der Waals surface area (Å²) in [6, 6.07) is 13.0. The first kappa shape index (κ1) is 38.3. The molecule has 0 amide bonds. The van der Waals surface area contributed by atoms with Gasteiger partial charge in [0.2, 0.25) is 0 Å². The number of carbonyl (C=O) groups is 2. The fourth-order valence-electron chi connectivity index (χ4n) is 5.92. The lowest BCUT2D eigenvalue weighted by Crippen LogP contribution is -2.37. The Bertz CT molecular complexity index is 1450. The zero-order chi connectivity index (χ0) is 35.6. The SMILES string of the molecule is COCOc1cc(OC)cc(C=CC[C@@H]2OC(C)(C)O[C@@H]2C(C=CC2CCCC2O)OC(=O)c2ccccc2)c1C(=O)OCC[Si](C)(C)C. The average Bonchev–Trinajstić information content (AvgIpc) is 3.61. The maximum atomic E-state index is 13.5. The predicted molar refractivity (Wildman–Crippen MR) is 190 cm³/mol. The van der Waals surface area contributed by atoms with Crippen molar-refractivity contribution in [1.82, 2.24) is 0 Å². The van der Waals surface area contributed by atoms with Gasteiger partial charge < -0.3 is 38.3 Å². The molecular weight excluding hydrogens is 644 g/mol. The van der Waals surface area contributed by atoms with E-state index in [1.54, 1.807) is 49.6 Å². The largest absolute Gasteiger partial charge is 0.497 e. The predicted octanol–water partition coefficient (Wildman–Crippen LogP) is 7.04. The number of aliphatic hydroxyl groups excluding tert-OH is 1. The average molecular weight is 697 g/mol. The van der Waals surface area contributed by atoms with Gasteiger partial charge in [-0.2, -0.15) is 0 Å². The van der Waals surface area contributed by atoms with E-state index in [1.165, 1.54) is 7.11 Å². The minimum atomic E-state index is -1.44. The van der Waals surface area contributed by atoms with Gasteiger partial charge in [-0.25, -0.2) is 9.59 Å². The Morgan fingerprint density at radius 1 is 1.06 bits per heavy atom. The molecule has 0 spiro atoms. The van der Waals surface area contributed by atoms with E-state index in [0.29, 0.717) is 29.9 Å². The molecular formula is C38H52O10Si. The molecule has 1 saturated carbocycles. The van der Waals surface area contributed by atoms with E-state index in [-0.39, 0.29) is 24.0 Å². The number of rotatable bonds is 16. The van der Waals surface area contributed by atoms with Crippen molar-refractivity contribution in [3.63, 3.8) is 0 Å². The Labute approximate surface area is 291 Å². The van der Waals surface area contributed by atoms with E-state index < -0.39 is 50.2 Å². The van der Waals surface area contributed by atoms with Crippen LogP contribution >= 0.6 is 0 Å². The molecule has 2 aromatic carbocycles. The Kier molecular flexibility index (Phi) is 13.6. The van der Waals surface area contributed by atoms with Gasteiger partial charge in [-0.05, 0) is 69.0 Å². The summed E-state index contributed by atoms with van der Waals surface area (Å²) in [6.45, 7) is 10.6. The van der Waals surface area contributed by atoms with Crippen molar-refractivity contribution in [1.29, 1.82) is 0 Å². The van der Waals surface area contributed by atoms with Gasteiger partial charge in [0, 0.05) is 27.2 Å². The van der Waals surface area contributed by atoms with Crippen LogP contribution in [0.3, 0.4) is 0 Å². The first-order valence-corrected chi connectivity index (χ1v) is 20.7. The molecule has 1 aliphatic carbocycles. The Morgan fingerprint density at radius 2 is 1.82 bits per heavy atom. The van der Waals surface area contributed by atoms with E-state index >= 15 is 0 Å². The summed E-state index contributed by atoms with van der Waals surface area (Å²) in [5.41, 5.74) is 1.23. The monoisotopic (exact) mass is 696 g/mol. The van der Waals surface area contributed by atoms with Crippen LogP contribution in [0.15, 0.2) is 60.7 Å². The number of benzene rings is 2. The lowest BCUT2D eigenvalue weighted by atomic mass is 9.99. The van der Waals surface area contributed by atoms with Crippen molar-refractivity contribution in [2.75, 3.05) is 27.6 Å². The number of hydrogen-bond donors (Lipinski definition) is 1. The fraction of sp³-hybridized carbons (Fsp3) is 0.526. The summed E-state index contributed by atoms with van der Waals surface area (Å²) in [5, 5.41) is 10.5. The molecule has 2 aliphatic rings. The van der Waals surface area contributed by atoms with E-state index in [0.717, 1.165) is 25.3 Å². The van der Waals surface area contributed by atoms with Gasteiger partial charge in [0.1, 0.15) is 29.3 Å². The van der Waals surface area contributed by atoms with Gasteiger partial charge in [-0.3, -0.25) is 0 Å². The van der Waals surface area contributed by atoms with E-state index in [4.69, 9.17) is 33.2 Å². The molecule has 5 atom stereocenters. The van der Waals surface area contributed by atoms with Crippen LogP contribution in [-0.4, -0.2) is 82.9 Å². The number of methoxy groups -OCH3 is 2. The van der Waals surface area contributed by atoms with Crippen molar-refractivity contribution < 1.29 is 47.9 Å². The van der Waals surface area contributed by atoms with Crippen LogP contribution in [0.5, 0.6) is 11.5 Å². The second kappa shape index (κ2) is 17.4. The summed E-state index contributed by atoms with van der Waals surface area (Å²) in [5.74, 6) is -1.19. The van der Waals surface area contributed by atoms with Crippen LogP contribution in [0.1, 0.15) is 65.8 Å². The van der Waals surface area contributed by atoms with Gasteiger partial charge in [0.25, 0.3) is 0 Å². The van der Waals surface area contributed by atoms with Crippen molar-refractivity contribution in [3.8, 4) is 11.5 Å². The van der Waals surface area contributed by atoms with E-state index in [2.05, 4.69) is 19.6 Å². The molecule has 0 aromatic heterocycles. The minimum Gasteiger partial charge on any atom is -0.497 e. The molecule has 4 rings (SSSR count). The molecule has 2 aromatic rings. The zero-order valence-electron chi connectivity index (χ0n) is 29.8.